The van der Waals surface area contributed by atoms with Crippen LogP contribution in [0, 0.1) is 17.3 Å². The van der Waals surface area contributed by atoms with Crippen LogP contribution in [0.2, 0.25) is 0 Å². The molecule has 0 bridgehead atoms. The molecule has 0 heterocycles. The van der Waals surface area contributed by atoms with E-state index in [-0.39, 0.29) is 17.9 Å². The molecule has 4 unspecified atom stereocenters. The lowest BCUT2D eigenvalue weighted by Crippen LogP contribution is -2.40. The molecule has 2 rings (SSSR count). The molecule has 2 aliphatic carbocycles. The Bertz CT molecular complexity index is 383. The second-order valence-electron chi connectivity index (χ2n) is 6.15. The van der Waals surface area contributed by atoms with Gasteiger partial charge in [0.15, 0.2) is 0 Å². The molecule has 0 aromatic carbocycles. The lowest BCUT2D eigenvalue weighted by Gasteiger charge is -2.20. The summed E-state index contributed by atoms with van der Waals surface area (Å²) in [4.78, 5) is 23.4. The third kappa shape index (κ3) is 2.76. The van der Waals surface area contributed by atoms with Crippen molar-refractivity contribution in [3.63, 3.8) is 0 Å². The molecule has 0 spiro atoms. The van der Waals surface area contributed by atoms with Gasteiger partial charge in [-0.2, -0.15) is 11.8 Å². The molecule has 2 fully saturated rings. The highest BCUT2D eigenvalue weighted by atomic mass is 32.2. The minimum atomic E-state index is -0.851. The number of hydrogen-bond donors (Lipinski definition) is 2. The van der Waals surface area contributed by atoms with Crippen molar-refractivity contribution in [2.45, 2.75) is 51.3 Å². The van der Waals surface area contributed by atoms with E-state index in [4.69, 9.17) is 5.11 Å². The van der Waals surface area contributed by atoms with Gasteiger partial charge in [-0.05, 0) is 24.0 Å². The first-order valence-electron chi connectivity index (χ1n) is 7.04. The number of carboxylic acids is 1. The maximum absolute atomic E-state index is 12.3. The molecule has 2 saturated carbocycles. The summed E-state index contributed by atoms with van der Waals surface area (Å²) in [6.07, 6.45) is 3.33. The van der Waals surface area contributed by atoms with Crippen LogP contribution >= 0.6 is 11.8 Å². The van der Waals surface area contributed by atoms with Crippen molar-refractivity contribution in [1.82, 2.24) is 5.32 Å². The van der Waals surface area contributed by atoms with E-state index in [0.717, 1.165) is 25.0 Å². The number of carbonyl (C=O) groups excluding carboxylic acids is 1. The van der Waals surface area contributed by atoms with Crippen molar-refractivity contribution in [3.05, 3.63) is 0 Å². The maximum atomic E-state index is 12.3. The SMILES string of the molecule is CCSC1CCCC1NC(=O)C1C(C(=O)O)C1(C)C. The quantitative estimate of drug-likeness (QED) is 0.812. The van der Waals surface area contributed by atoms with Crippen LogP contribution < -0.4 is 5.32 Å². The maximum Gasteiger partial charge on any atom is 0.307 e. The van der Waals surface area contributed by atoms with E-state index >= 15 is 0 Å². The van der Waals surface area contributed by atoms with Gasteiger partial charge < -0.3 is 10.4 Å². The van der Waals surface area contributed by atoms with Gasteiger partial charge in [-0.15, -0.1) is 0 Å². The number of rotatable bonds is 5. The van der Waals surface area contributed by atoms with Crippen LogP contribution in [0.4, 0.5) is 0 Å². The van der Waals surface area contributed by atoms with Gasteiger partial charge >= 0.3 is 5.97 Å². The average molecular weight is 285 g/mol. The van der Waals surface area contributed by atoms with E-state index < -0.39 is 17.3 Å². The summed E-state index contributed by atoms with van der Waals surface area (Å²) in [6, 6.07) is 0.225. The minimum Gasteiger partial charge on any atom is -0.481 e. The molecule has 0 radical (unpaired) electrons. The molecule has 19 heavy (non-hydrogen) atoms. The van der Waals surface area contributed by atoms with Crippen molar-refractivity contribution >= 4 is 23.6 Å². The van der Waals surface area contributed by atoms with Crippen LogP contribution in [-0.4, -0.2) is 34.0 Å². The Kier molecular flexibility index (Phi) is 4.14. The first-order valence-corrected chi connectivity index (χ1v) is 8.09. The standard InChI is InChI=1S/C14H23NO3S/c1-4-19-9-7-5-6-8(9)15-12(16)10-11(13(17)18)14(10,2)3/h8-11H,4-7H2,1-3H3,(H,15,16)(H,17,18). The zero-order chi connectivity index (χ0) is 14.2. The summed E-state index contributed by atoms with van der Waals surface area (Å²) in [7, 11) is 0. The summed E-state index contributed by atoms with van der Waals surface area (Å²) in [5.74, 6) is -0.741. The second kappa shape index (κ2) is 5.35. The molecule has 4 atom stereocenters. The van der Waals surface area contributed by atoms with E-state index in [2.05, 4.69) is 12.2 Å². The van der Waals surface area contributed by atoms with Crippen molar-refractivity contribution in [1.29, 1.82) is 0 Å². The van der Waals surface area contributed by atoms with Crippen LogP contribution in [0.5, 0.6) is 0 Å². The fourth-order valence-corrected chi connectivity index (χ4v) is 4.56. The van der Waals surface area contributed by atoms with Gasteiger partial charge in [-0.1, -0.05) is 27.2 Å². The molecular formula is C14H23NO3S. The fraction of sp³-hybridized carbons (Fsp3) is 0.857. The highest BCUT2D eigenvalue weighted by molar-refractivity contribution is 7.99. The van der Waals surface area contributed by atoms with Gasteiger partial charge in [0.1, 0.15) is 0 Å². The molecule has 1 amide bonds. The zero-order valence-corrected chi connectivity index (χ0v) is 12.6. The molecule has 0 aromatic rings. The Labute approximate surface area is 118 Å². The largest absolute Gasteiger partial charge is 0.481 e. The summed E-state index contributed by atoms with van der Waals surface area (Å²) in [5, 5.41) is 12.7. The first kappa shape index (κ1) is 14.7. The summed E-state index contributed by atoms with van der Waals surface area (Å²) in [5.41, 5.74) is -0.401. The monoisotopic (exact) mass is 285 g/mol. The van der Waals surface area contributed by atoms with Crippen LogP contribution in [0.15, 0.2) is 0 Å². The van der Waals surface area contributed by atoms with E-state index in [9.17, 15) is 9.59 Å². The molecule has 2 N–H and O–H groups in total. The molecular weight excluding hydrogens is 262 g/mol. The Morgan fingerprint density at radius 3 is 2.53 bits per heavy atom. The highest BCUT2D eigenvalue weighted by Gasteiger charge is 2.66. The number of carboxylic acid groups (broad SMARTS) is 1. The molecule has 0 aromatic heterocycles. The molecule has 108 valence electrons. The summed E-state index contributed by atoms with van der Waals surface area (Å²) < 4.78 is 0. The third-order valence-electron chi connectivity index (χ3n) is 4.54. The number of amides is 1. The lowest BCUT2D eigenvalue weighted by molar-refractivity contribution is -0.140. The smallest absolute Gasteiger partial charge is 0.307 e. The lowest BCUT2D eigenvalue weighted by atomic mass is 10.1. The van der Waals surface area contributed by atoms with Gasteiger partial charge in [0.05, 0.1) is 11.8 Å². The third-order valence-corrected chi connectivity index (χ3v) is 5.86. The number of carbonyl (C=O) groups is 2. The van der Waals surface area contributed by atoms with Gasteiger partial charge in [0, 0.05) is 11.3 Å². The van der Waals surface area contributed by atoms with Crippen molar-refractivity contribution < 1.29 is 14.7 Å². The average Bonchev–Trinajstić information content (AvgIpc) is 2.64. The Morgan fingerprint density at radius 2 is 2.00 bits per heavy atom. The van der Waals surface area contributed by atoms with Gasteiger partial charge in [-0.3, -0.25) is 9.59 Å². The van der Waals surface area contributed by atoms with E-state index in [1.54, 1.807) is 0 Å². The van der Waals surface area contributed by atoms with Crippen LogP contribution in [0.3, 0.4) is 0 Å². The second-order valence-corrected chi connectivity index (χ2v) is 7.67. The van der Waals surface area contributed by atoms with Crippen molar-refractivity contribution in [2.24, 2.45) is 17.3 Å². The number of nitrogens with one attached hydrogen (secondary N) is 1. The summed E-state index contributed by atoms with van der Waals surface area (Å²) >= 11 is 1.90. The number of hydrogen-bond acceptors (Lipinski definition) is 3. The van der Waals surface area contributed by atoms with Crippen molar-refractivity contribution in [3.8, 4) is 0 Å². The predicted octanol–water partition coefficient (Wildman–Crippen LogP) is 2.13. The Balaban J connectivity index is 1.93. The van der Waals surface area contributed by atoms with Gasteiger partial charge in [-0.25, -0.2) is 0 Å². The topological polar surface area (TPSA) is 66.4 Å². The van der Waals surface area contributed by atoms with Gasteiger partial charge in [0.2, 0.25) is 5.91 Å². The molecule has 0 saturated heterocycles. The normalized spacial score (nSPS) is 35.9. The van der Waals surface area contributed by atoms with Gasteiger partial charge in [0.25, 0.3) is 0 Å². The minimum absolute atomic E-state index is 0.0639. The predicted molar refractivity (Wildman–Crippen MR) is 76.1 cm³/mol. The van der Waals surface area contributed by atoms with E-state index in [0.29, 0.717) is 5.25 Å². The van der Waals surface area contributed by atoms with Crippen molar-refractivity contribution in [2.75, 3.05) is 5.75 Å². The molecule has 4 nitrogen and oxygen atoms in total. The molecule has 0 aliphatic heterocycles. The van der Waals surface area contributed by atoms with Crippen LogP contribution in [-0.2, 0) is 9.59 Å². The Hall–Kier alpha value is -0.710. The van der Waals surface area contributed by atoms with E-state index in [1.165, 1.54) is 0 Å². The highest BCUT2D eigenvalue weighted by Crippen LogP contribution is 2.58. The number of thioether (sulfide) groups is 1. The van der Waals surface area contributed by atoms with Crippen LogP contribution in [0.1, 0.15) is 40.0 Å². The first-order chi connectivity index (χ1) is 8.89. The van der Waals surface area contributed by atoms with E-state index in [1.807, 2.05) is 25.6 Å². The molecule has 5 heteroatoms. The fourth-order valence-electron chi connectivity index (χ4n) is 3.37. The Morgan fingerprint density at radius 1 is 1.32 bits per heavy atom. The summed E-state index contributed by atoms with van der Waals surface area (Å²) in [6.45, 7) is 5.86. The zero-order valence-electron chi connectivity index (χ0n) is 11.8. The molecule has 2 aliphatic rings. The number of aliphatic carboxylic acids is 1. The van der Waals surface area contributed by atoms with Crippen LogP contribution in [0.25, 0.3) is 0 Å².